The molecule has 37 heavy (non-hydrogen) atoms. The van der Waals surface area contributed by atoms with Crippen LogP contribution in [0.15, 0.2) is 53.5 Å². The van der Waals surface area contributed by atoms with Gasteiger partial charge in [0.05, 0.1) is 38.6 Å². The molecule has 0 aliphatic carbocycles. The summed E-state index contributed by atoms with van der Waals surface area (Å²) in [6.07, 6.45) is -0.627. The smallest absolute Gasteiger partial charge is 0.419 e. The van der Waals surface area contributed by atoms with E-state index < -0.39 is 17.6 Å². The SMILES string of the molecule is COCCOCCOCCOc1cccc(C2=NC(C)(C(=O)O)CS2)c1OC(=O)N(C)c1ccccc1. The number of carboxylic acids is 1. The number of rotatable bonds is 14. The van der Waals surface area contributed by atoms with E-state index in [0.717, 1.165) is 0 Å². The quantitative estimate of drug-likeness (QED) is 0.363. The Labute approximate surface area is 220 Å². The standard InChI is InChI=1S/C26H32N2O8S/c1-26(24(29)30)18-37-23(27-26)20-10-7-11-21(35-17-16-34-15-14-33-13-12-32-3)22(20)36-25(31)28(2)19-8-5-4-6-9-19/h4-11H,12-18H2,1-3H3,(H,29,30). The van der Waals surface area contributed by atoms with Gasteiger partial charge >= 0.3 is 12.1 Å². The Morgan fingerprint density at radius 1 is 1.00 bits per heavy atom. The average molecular weight is 533 g/mol. The number of aliphatic imine (C=N–C) groups is 1. The Bertz CT molecular complexity index is 1080. The second kappa shape index (κ2) is 14.0. The van der Waals surface area contributed by atoms with Gasteiger partial charge in [0.1, 0.15) is 11.7 Å². The number of para-hydroxylation sites is 2. The van der Waals surface area contributed by atoms with Gasteiger partial charge in [-0.1, -0.05) is 24.3 Å². The van der Waals surface area contributed by atoms with Gasteiger partial charge in [0, 0.05) is 25.6 Å². The largest absolute Gasteiger partial charge is 0.487 e. The van der Waals surface area contributed by atoms with Gasteiger partial charge in [-0.25, -0.2) is 9.59 Å². The molecule has 1 heterocycles. The van der Waals surface area contributed by atoms with Gasteiger partial charge in [0.2, 0.25) is 0 Å². The molecule has 0 radical (unpaired) electrons. The predicted octanol–water partition coefficient (Wildman–Crippen LogP) is 3.72. The highest BCUT2D eigenvalue weighted by Crippen LogP contribution is 2.39. The molecule has 200 valence electrons. The van der Waals surface area contributed by atoms with Crippen LogP contribution >= 0.6 is 11.8 Å². The molecule has 1 atom stereocenters. The van der Waals surface area contributed by atoms with Crippen molar-refractivity contribution in [1.29, 1.82) is 0 Å². The van der Waals surface area contributed by atoms with Crippen molar-refractivity contribution < 1.29 is 38.4 Å². The minimum Gasteiger partial charge on any atom is -0.487 e. The third kappa shape index (κ3) is 7.93. The first-order valence-electron chi connectivity index (χ1n) is 11.7. The molecule has 0 bridgehead atoms. The fraction of sp³-hybridized carbons (Fsp3) is 0.423. The summed E-state index contributed by atoms with van der Waals surface area (Å²) in [5.74, 6) is -0.271. The Kier molecular flexibility index (Phi) is 10.8. The third-order valence-corrected chi connectivity index (χ3v) is 6.70. The van der Waals surface area contributed by atoms with Crippen molar-refractivity contribution in [3.8, 4) is 11.5 Å². The van der Waals surface area contributed by atoms with Gasteiger partial charge in [-0.15, -0.1) is 11.8 Å². The highest BCUT2D eigenvalue weighted by molar-refractivity contribution is 8.14. The van der Waals surface area contributed by atoms with E-state index in [2.05, 4.69) is 4.99 Å². The van der Waals surface area contributed by atoms with Crippen LogP contribution in [-0.4, -0.2) is 87.3 Å². The number of thioether (sulfide) groups is 1. The van der Waals surface area contributed by atoms with Crippen LogP contribution in [0.2, 0.25) is 0 Å². The lowest BCUT2D eigenvalue weighted by atomic mass is 10.1. The molecular weight excluding hydrogens is 500 g/mol. The first kappa shape index (κ1) is 28.5. The minimum atomic E-state index is -1.27. The summed E-state index contributed by atoms with van der Waals surface area (Å²) < 4.78 is 27.5. The number of amides is 1. The third-order valence-electron chi connectivity index (χ3n) is 5.40. The fourth-order valence-corrected chi connectivity index (χ4v) is 4.42. The predicted molar refractivity (Wildman–Crippen MR) is 141 cm³/mol. The van der Waals surface area contributed by atoms with Crippen molar-refractivity contribution in [3.63, 3.8) is 0 Å². The molecule has 0 spiro atoms. The number of carboxylic acid groups (broad SMARTS) is 1. The molecular formula is C26H32N2O8S. The van der Waals surface area contributed by atoms with Gasteiger partial charge in [0.25, 0.3) is 0 Å². The number of hydrogen-bond acceptors (Lipinski definition) is 9. The Morgan fingerprint density at radius 3 is 2.32 bits per heavy atom. The van der Waals surface area contributed by atoms with Crippen LogP contribution in [0.5, 0.6) is 11.5 Å². The molecule has 1 amide bonds. The van der Waals surface area contributed by atoms with E-state index in [4.69, 9.17) is 23.7 Å². The number of carbonyl (C=O) groups excluding carboxylic acids is 1. The van der Waals surface area contributed by atoms with E-state index in [1.807, 2.05) is 18.2 Å². The molecule has 11 heteroatoms. The normalized spacial score (nSPS) is 16.8. The van der Waals surface area contributed by atoms with E-state index in [-0.39, 0.29) is 18.1 Å². The summed E-state index contributed by atoms with van der Waals surface area (Å²) >= 11 is 1.29. The zero-order valence-corrected chi connectivity index (χ0v) is 22.0. The monoisotopic (exact) mass is 532 g/mol. The van der Waals surface area contributed by atoms with Crippen molar-refractivity contribution in [2.75, 3.05) is 64.5 Å². The van der Waals surface area contributed by atoms with Crippen molar-refractivity contribution in [1.82, 2.24) is 0 Å². The molecule has 10 nitrogen and oxygen atoms in total. The summed E-state index contributed by atoms with van der Waals surface area (Å²) in [7, 11) is 3.22. The van der Waals surface area contributed by atoms with Crippen LogP contribution in [0.1, 0.15) is 12.5 Å². The van der Waals surface area contributed by atoms with Gasteiger partial charge in [-0.05, 0) is 31.2 Å². The summed E-state index contributed by atoms with van der Waals surface area (Å²) in [6, 6.07) is 14.2. The number of anilines is 1. The molecule has 0 saturated heterocycles. The number of benzene rings is 2. The molecule has 2 aromatic rings. The average Bonchev–Trinajstić information content (AvgIpc) is 3.31. The summed E-state index contributed by atoms with van der Waals surface area (Å²) in [6.45, 7) is 3.91. The van der Waals surface area contributed by atoms with E-state index in [1.54, 1.807) is 51.4 Å². The maximum absolute atomic E-state index is 13.1. The van der Waals surface area contributed by atoms with Crippen LogP contribution in [0.4, 0.5) is 10.5 Å². The van der Waals surface area contributed by atoms with Gasteiger partial charge in [-0.2, -0.15) is 0 Å². The molecule has 0 fully saturated rings. The molecule has 1 aliphatic heterocycles. The lowest BCUT2D eigenvalue weighted by molar-refractivity contribution is -0.141. The van der Waals surface area contributed by atoms with Crippen LogP contribution in [0.3, 0.4) is 0 Å². The second-order valence-electron chi connectivity index (χ2n) is 8.25. The minimum absolute atomic E-state index is 0.166. The molecule has 1 N–H and O–H groups in total. The molecule has 0 saturated carbocycles. The number of methoxy groups -OCH3 is 1. The first-order valence-corrected chi connectivity index (χ1v) is 12.7. The Hall–Kier alpha value is -3.12. The molecule has 1 aliphatic rings. The maximum Gasteiger partial charge on any atom is 0.419 e. The zero-order chi connectivity index (χ0) is 26.7. The summed E-state index contributed by atoms with van der Waals surface area (Å²) in [5.41, 5.74) is -0.132. The zero-order valence-electron chi connectivity index (χ0n) is 21.2. The first-order chi connectivity index (χ1) is 17.9. The van der Waals surface area contributed by atoms with Crippen LogP contribution in [0.25, 0.3) is 0 Å². The number of hydrogen-bond donors (Lipinski definition) is 1. The van der Waals surface area contributed by atoms with E-state index in [9.17, 15) is 14.7 Å². The maximum atomic E-state index is 13.1. The molecule has 0 aromatic heterocycles. The fourth-order valence-electron chi connectivity index (χ4n) is 3.24. The van der Waals surface area contributed by atoms with Crippen molar-refractivity contribution in [3.05, 3.63) is 54.1 Å². The van der Waals surface area contributed by atoms with Gasteiger partial charge < -0.3 is 28.8 Å². The number of ether oxygens (including phenoxy) is 5. The summed E-state index contributed by atoms with van der Waals surface area (Å²) in [4.78, 5) is 30.6. The van der Waals surface area contributed by atoms with E-state index in [0.29, 0.717) is 55.1 Å². The lowest BCUT2D eigenvalue weighted by Gasteiger charge is -2.20. The number of aliphatic carboxylic acids is 1. The Balaban J connectivity index is 1.75. The van der Waals surface area contributed by atoms with Crippen LogP contribution in [-0.2, 0) is 19.0 Å². The number of carbonyl (C=O) groups is 2. The van der Waals surface area contributed by atoms with Crippen molar-refractivity contribution in [2.24, 2.45) is 4.99 Å². The second-order valence-corrected chi connectivity index (χ2v) is 9.21. The molecule has 1 unspecified atom stereocenters. The van der Waals surface area contributed by atoms with Gasteiger partial charge in [0.15, 0.2) is 17.0 Å². The van der Waals surface area contributed by atoms with E-state index in [1.165, 1.54) is 16.7 Å². The van der Waals surface area contributed by atoms with Crippen molar-refractivity contribution in [2.45, 2.75) is 12.5 Å². The van der Waals surface area contributed by atoms with Crippen LogP contribution < -0.4 is 14.4 Å². The van der Waals surface area contributed by atoms with Crippen LogP contribution in [0, 0.1) is 0 Å². The highest BCUT2D eigenvalue weighted by Gasteiger charge is 2.39. The van der Waals surface area contributed by atoms with Gasteiger partial charge in [-0.3, -0.25) is 9.89 Å². The molecule has 3 rings (SSSR count). The van der Waals surface area contributed by atoms with E-state index >= 15 is 0 Å². The topological polar surface area (TPSA) is 116 Å². The lowest BCUT2D eigenvalue weighted by Crippen LogP contribution is -2.33. The number of nitrogens with zero attached hydrogens (tertiary/aromatic N) is 2. The summed E-state index contributed by atoms with van der Waals surface area (Å²) in [5, 5.41) is 10.0. The highest BCUT2D eigenvalue weighted by atomic mass is 32.2. The molecule has 2 aromatic carbocycles. The Morgan fingerprint density at radius 2 is 1.68 bits per heavy atom. The van der Waals surface area contributed by atoms with Crippen molar-refractivity contribution >= 4 is 34.6 Å².